The predicted octanol–water partition coefficient (Wildman–Crippen LogP) is 3.26. The van der Waals surface area contributed by atoms with E-state index in [-0.39, 0.29) is 6.10 Å². The topological polar surface area (TPSA) is 34.1 Å². The van der Waals surface area contributed by atoms with Gasteiger partial charge in [0.2, 0.25) is 0 Å². The molecule has 0 amide bonds. The molecule has 1 fully saturated rings. The Bertz CT molecular complexity index is 553. The molecule has 2 heterocycles. The zero-order valence-corrected chi connectivity index (χ0v) is 12.5. The minimum absolute atomic E-state index is 0.227. The second kappa shape index (κ2) is 6.83. The highest BCUT2D eigenvalue weighted by Crippen LogP contribution is 2.33. The Labute approximate surface area is 126 Å². The number of pyridine rings is 1. The van der Waals surface area contributed by atoms with Gasteiger partial charge < -0.3 is 10.1 Å². The van der Waals surface area contributed by atoms with Crippen LogP contribution in [0.1, 0.15) is 29.3 Å². The summed E-state index contributed by atoms with van der Waals surface area (Å²) in [6, 6.07) is 14.7. The summed E-state index contributed by atoms with van der Waals surface area (Å²) < 4.78 is 5.91. The van der Waals surface area contributed by atoms with Gasteiger partial charge in [0.15, 0.2) is 0 Å². The first-order chi connectivity index (χ1) is 10.3. The van der Waals surface area contributed by atoms with Crippen LogP contribution in [0.2, 0.25) is 0 Å². The maximum absolute atomic E-state index is 5.91. The van der Waals surface area contributed by atoms with Crippen LogP contribution in [0, 0.1) is 12.8 Å². The number of hydrogen-bond acceptors (Lipinski definition) is 3. The van der Waals surface area contributed by atoms with E-state index in [1.54, 1.807) is 0 Å². The predicted molar refractivity (Wildman–Crippen MR) is 83.9 cm³/mol. The Morgan fingerprint density at radius 1 is 1.19 bits per heavy atom. The molecule has 110 valence electrons. The van der Waals surface area contributed by atoms with Gasteiger partial charge >= 0.3 is 0 Å². The van der Waals surface area contributed by atoms with Gasteiger partial charge in [0.05, 0.1) is 11.8 Å². The first-order valence-electron chi connectivity index (χ1n) is 7.62. The quantitative estimate of drug-likeness (QED) is 0.914. The maximum atomic E-state index is 5.91. The van der Waals surface area contributed by atoms with Crippen LogP contribution in [0.15, 0.2) is 48.7 Å². The summed E-state index contributed by atoms with van der Waals surface area (Å²) in [5.41, 5.74) is 3.58. The highest BCUT2D eigenvalue weighted by molar-refractivity contribution is 5.19. The van der Waals surface area contributed by atoms with Crippen molar-refractivity contribution in [1.82, 2.24) is 10.3 Å². The van der Waals surface area contributed by atoms with Gasteiger partial charge in [-0.15, -0.1) is 0 Å². The van der Waals surface area contributed by atoms with Crippen molar-refractivity contribution >= 4 is 0 Å². The van der Waals surface area contributed by atoms with Crippen molar-refractivity contribution in [3.8, 4) is 0 Å². The van der Waals surface area contributed by atoms with Crippen molar-refractivity contribution in [3.63, 3.8) is 0 Å². The monoisotopic (exact) mass is 282 g/mol. The van der Waals surface area contributed by atoms with Crippen LogP contribution in [0.3, 0.4) is 0 Å². The molecule has 3 nitrogen and oxygen atoms in total. The lowest BCUT2D eigenvalue weighted by Crippen LogP contribution is -2.25. The van der Waals surface area contributed by atoms with E-state index in [0.717, 1.165) is 31.8 Å². The largest absolute Gasteiger partial charge is 0.373 e. The molecule has 0 bridgehead atoms. The lowest BCUT2D eigenvalue weighted by atomic mass is 9.95. The standard InChI is InChI=1S/C18H22N2O/c1-14-7-8-17(20-11-14)13-19-12-16-9-10-21-18(16)15-5-3-2-4-6-15/h2-8,11,16,18-19H,9-10,12-13H2,1H3/t16-,18-/m1/s1. The van der Waals surface area contributed by atoms with Crippen LogP contribution in [0.4, 0.5) is 0 Å². The molecule has 1 aliphatic heterocycles. The molecule has 0 spiro atoms. The molecule has 1 aromatic heterocycles. The van der Waals surface area contributed by atoms with Crippen molar-refractivity contribution < 1.29 is 4.74 Å². The minimum atomic E-state index is 0.227. The Morgan fingerprint density at radius 3 is 2.81 bits per heavy atom. The van der Waals surface area contributed by atoms with E-state index in [1.165, 1.54) is 11.1 Å². The van der Waals surface area contributed by atoms with Crippen LogP contribution in [-0.2, 0) is 11.3 Å². The number of hydrogen-bond donors (Lipinski definition) is 1. The Balaban J connectivity index is 1.53. The van der Waals surface area contributed by atoms with Gasteiger partial charge in [-0.1, -0.05) is 36.4 Å². The van der Waals surface area contributed by atoms with Crippen molar-refractivity contribution in [2.24, 2.45) is 5.92 Å². The van der Waals surface area contributed by atoms with Gasteiger partial charge in [-0.25, -0.2) is 0 Å². The van der Waals surface area contributed by atoms with Crippen LogP contribution in [0.5, 0.6) is 0 Å². The third-order valence-electron chi connectivity index (χ3n) is 4.03. The number of aryl methyl sites for hydroxylation is 1. The molecule has 2 aromatic rings. The molecule has 2 atom stereocenters. The molecule has 0 radical (unpaired) electrons. The van der Waals surface area contributed by atoms with Gasteiger partial charge in [0.25, 0.3) is 0 Å². The number of ether oxygens (including phenoxy) is 1. The molecule has 21 heavy (non-hydrogen) atoms. The minimum Gasteiger partial charge on any atom is -0.373 e. The second-order valence-electron chi connectivity index (χ2n) is 5.71. The molecule has 0 saturated carbocycles. The maximum Gasteiger partial charge on any atom is 0.0866 e. The van der Waals surface area contributed by atoms with E-state index in [4.69, 9.17) is 4.74 Å². The molecule has 1 saturated heterocycles. The number of nitrogens with zero attached hydrogens (tertiary/aromatic N) is 1. The first kappa shape index (κ1) is 14.2. The zero-order chi connectivity index (χ0) is 14.5. The number of nitrogens with one attached hydrogen (secondary N) is 1. The Kier molecular flexibility index (Phi) is 4.63. The molecule has 3 heteroatoms. The van der Waals surface area contributed by atoms with Crippen molar-refractivity contribution in [2.75, 3.05) is 13.2 Å². The summed E-state index contributed by atoms with van der Waals surface area (Å²) >= 11 is 0. The van der Waals surface area contributed by atoms with E-state index in [2.05, 4.69) is 59.7 Å². The van der Waals surface area contributed by atoms with Gasteiger partial charge in [-0.3, -0.25) is 4.98 Å². The Morgan fingerprint density at radius 2 is 2.05 bits per heavy atom. The van der Waals surface area contributed by atoms with Gasteiger partial charge in [-0.2, -0.15) is 0 Å². The van der Waals surface area contributed by atoms with Crippen molar-refractivity contribution in [2.45, 2.75) is 26.0 Å². The van der Waals surface area contributed by atoms with Crippen LogP contribution < -0.4 is 5.32 Å². The van der Waals surface area contributed by atoms with E-state index >= 15 is 0 Å². The molecule has 3 rings (SSSR count). The van der Waals surface area contributed by atoms with Crippen molar-refractivity contribution in [1.29, 1.82) is 0 Å². The van der Waals surface area contributed by atoms with E-state index in [1.807, 2.05) is 6.20 Å². The summed E-state index contributed by atoms with van der Waals surface area (Å²) in [6.45, 7) is 4.70. The zero-order valence-electron chi connectivity index (χ0n) is 12.5. The summed E-state index contributed by atoms with van der Waals surface area (Å²) in [6.07, 6.45) is 3.26. The highest BCUT2D eigenvalue weighted by atomic mass is 16.5. The summed E-state index contributed by atoms with van der Waals surface area (Å²) in [5, 5.41) is 3.52. The summed E-state index contributed by atoms with van der Waals surface area (Å²) in [5.74, 6) is 0.540. The van der Waals surface area contributed by atoms with Crippen LogP contribution in [0.25, 0.3) is 0 Å². The first-order valence-corrected chi connectivity index (χ1v) is 7.62. The van der Waals surface area contributed by atoms with E-state index < -0.39 is 0 Å². The van der Waals surface area contributed by atoms with Crippen molar-refractivity contribution in [3.05, 3.63) is 65.5 Å². The average molecular weight is 282 g/mol. The number of aromatic nitrogens is 1. The molecular formula is C18H22N2O. The molecule has 0 aliphatic carbocycles. The van der Waals surface area contributed by atoms with Crippen LogP contribution >= 0.6 is 0 Å². The normalized spacial score (nSPS) is 21.6. The fourth-order valence-electron chi connectivity index (χ4n) is 2.84. The highest BCUT2D eigenvalue weighted by Gasteiger charge is 2.28. The third kappa shape index (κ3) is 3.69. The molecular weight excluding hydrogens is 260 g/mol. The van der Waals surface area contributed by atoms with Gasteiger partial charge in [-0.05, 0) is 30.5 Å². The average Bonchev–Trinajstić information content (AvgIpc) is 2.99. The fraction of sp³-hybridized carbons (Fsp3) is 0.389. The number of benzene rings is 1. The second-order valence-corrected chi connectivity index (χ2v) is 5.71. The lowest BCUT2D eigenvalue weighted by Gasteiger charge is -2.19. The third-order valence-corrected chi connectivity index (χ3v) is 4.03. The van der Waals surface area contributed by atoms with E-state index in [0.29, 0.717) is 5.92 Å². The molecule has 1 aromatic carbocycles. The molecule has 1 aliphatic rings. The SMILES string of the molecule is Cc1ccc(CNC[C@H]2CCO[C@@H]2c2ccccc2)nc1. The van der Waals surface area contributed by atoms with Gasteiger partial charge in [0, 0.05) is 31.8 Å². The molecule has 1 N–H and O–H groups in total. The number of rotatable bonds is 5. The van der Waals surface area contributed by atoms with Crippen LogP contribution in [-0.4, -0.2) is 18.1 Å². The lowest BCUT2D eigenvalue weighted by molar-refractivity contribution is 0.0904. The summed E-state index contributed by atoms with van der Waals surface area (Å²) in [7, 11) is 0. The van der Waals surface area contributed by atoms with Gasteiger partial charge in [0.1, 0.15) is 0 Å². The Hall–Kier alpha value is -1.71. The fourth-order valence-corrected chi connectivity index (χ4v) is 2.84. The van der Waals surface area contributed by atoms with E-state index in [9.17, 15) is 0 Å². The smallest absolute Gasteiger partial charge is 0.0866 e. The molecule has 0 unspecified atom stereocenters. The summed E-state index contributed by atoms with van der Waals surface area (Å²) in [4.78, 5) is 4.43.